The highest BCUT2D eigenvalue weighted by molar-refractivity contribution is 5.95. The van der Waals surface area contributed by atoms with E-state index in [0.717, 1.165) is 0 Å². The van der Waals surface area contributed by atoms with Crippen LogP contribution in [0.3, 0.4) is 0 Å². The van der Waals surface area contributed by atoms with Crippen LogP contribution in [0, 0.1) is 17.0 Å². The quantitative estimate of drug-likeness (QED) is 0.572. The molecule has 0 aliphatic carbocycles. The lowest BCUT2D eigenvalue weighted by Gasteiger charge is -2.06. The van der Waals surface area contributed by atoms with Gasteiger partial charge in [-0.05, 0) is 19.1 Å². The number of rotatable bonds is 4. The standard InChI is InChI=1S/C11H10N4O4/c1-6-9(15(18)19)10(14-13-6)12-8-5-3-2-4-7(8)11(16)17/h2-5H,1H3,(H,16,17)(H2,12,13,14). The number of nitrogens with one attached hydrogen (secondary N) is 2. The lowest BCUT2D eigenvalue weighted by molar-refractivity contribution is -0.384. The van der Waals surface area contributed by atoms with Crippen molar-refractivity contribution in [3.63, 3.8) is 0 Å². The van der Waals surface area contributed by atoms with Crippen molar-refractivity contribution in [3.05, 3.63) is 45.6 Å². The molecule has 0 aliphatic rings. The van der Waals surface area contributed by atoms with Gasteiger partial charge in [-0.25, -0.2) is 4.79 Å². The first-order valence-corrected chi connectivity index (χ1v) is 5.29. The Morgan fingerprint density at radius 1 is 1.47 bits per heavy atom. The number of carboxylic acid groups (broad SMARTS) is 1. The van der Waals surface area contributed by atoms with Gasteiger partial charge >= 0.3 is 11.7 Å². The first kappa shape index (κ1) is 12.6. The Morgan fingerprint density at radius 2 is 2.16 bits per heavy atom. The van der Waals surface area contributed by atoms with Gasteiger partial charge in [-0.2, -0.15) is 0 Å². The van der Waals surface area contributed by atoms with Crippen molar-refractivity contribution in [2.24, 2.45) is 0 Å². The number of aromatic carboxylic acids is 1. The molecule has 0 spiro atoms. The van der Waals surface area contributed by atoms with Crippen molar-refractivity contribution >= 4 is 23.2 Å². The highest BCUT2D eigenvalue weighted by Gasteiger charge is 2.22. The fourth-order valence-electron chi connectivity index (χ4n) is 1.64. The van der Waals surface area contributed by atoms with Gasteiger partial charge in [-0.15, -0.1) is 5.10 Å². The van der Waals surface area contributed by atoms with Crippen molar-refractivity contribution in [1.29, 1.82) is 0 Å². The molecule has 2 aromatic rings. The minimum Gasteiger partial charge on any atom is -0.478 e. The second kappa shape index (κ2) is 4.77. The summed E-state index contributed by atoms with van der Waals surface area (Å²) in [6.07, 6.45) is 0. The highest BCUT2D eigenvalue weighted by Crippen LogP contribution is 2.29. The number of hydrogen-bond donors (Lipinski definition) is 3. The molecule has 1 aromatic carbocycles. The summed E-state index contributed by atoms with van der Waals surface area (Å²) in [5.41, 5.74) is 0.336. The number of para-hydroxylation sites is 1. The second-order valence-electron chi connectivity index (χ2n) is 3.78. The molecular weight excluding hydrogens is 252 g/mol. The monoisotopic (exact) mass is 262 g/mol. The zero-order chi connectivity index (χ0) is 14.0. The van der Waals surface area contributed by atoms with Gasteiger partial charge in [0, 0.05) is 0 Å². The van der Waals surface area contributed by atoms with Crippen molar-refractivity contribution in [2.75, 3.05) is 5.32 Å². The van der Waals surface area contributed by atoms with Crippen LogP contribution in [0.1, 0.15) is 16.1 Å². The van der Waals surface area contributed by atoms with Crippen molar-refractivity contribution in [2.45, 2.75) is 6.92 Å². The molecule has 2 rings (SSSR count). The van der Waals surface area contributed by atoms with E-state index in [1.807, 2.05) is 0 Å². The van der Waals surface area contributed by atoms with Crippen LogP contribution < -0.4 is 5.32 Å². The first-order valence-electron chi connectivity index (χ1n) is 5.29. The summed E-state index contributed by atoms with van der Waals surface area (Å²) in [4.78, 5) is 21.4. The van der Waals surface area contributed by atoms with Gasteiger partial charge in [0.05, 0.1) is 16.2 Å². The maximum atomic E-state index is 11.0. The third kappa shape index (κ3) is 2.37. The average molecular weight is 262 g/mol. The summed E-state index contributed by atoms with van der Waals surface area (Å²) >= 11 is 0. The number of nitrogens with zero attached hydrogens (tertiary/aromatic N) is 2. The molecule has 0 bridgehead atoms. The van der Waals surface area contributed by atoms with Gasteiger partial charge in [0.15, 0.2) is 0 Å². The average Bonchev–Trinajstić information content (AvgIpc) is 2.71. The number of carbonyl (C=O) groups is 1. The fraction of sp³-hybridized carbons (Fsp3) is 0.0909. The van der Waals surface area contributed by atoms with E-state index < -0.39 is 10.9 Å². The van der Waals surface area contributed by atoms with Crippen LogP contribution in [0.2, 0.25) is 0 Å². The first-order chi connectivity index (χ1) is 9.00. The molecule has 0 fully saturated rings. The molecule has 19 heavy (non-hydrogen) atoms. The SMILES string of the molecule is Cc1[nH]nc(Nc2ccccc2C(=O)O)c1[N+](=O)[O-]. The van der Waals surface area contributed by atoms with Gasteiger partial charge < -0.3 is 10.4 Å². The molecule has 8 heteroatoms. The number of anilines is 2. The molecule has 0 saturated heterocycles. The molecule has 3 N–H and O–H groups in total. The Kier molecular flexibility index (Phi) is 3.15. The predicted molar refractivity (Wildman–Crippen MR) is 66.7 cm³/mol. The van der Waals surface area contributed by atoms with Crippen LogP contribution in [0.4, 0.5) is 17.2 Å². The molecule has 0 unspecified atom stereocenters. The fourth-order valence-corrected chi connectivity index (χ4v) is 1.64. The van der Waals surface area contributed by atoms with Crippen LogP contribution >= 0.6 is 0 Å². The van der Waals surface area contributed by atoms with E-state index in [1.54, 1.807) is 12.1 Å². The van der Waals surface area contributed by atoms with E-state index >= 15 is 0 Å². The number of aromatic nitrogens is 2. The van der Waals surface area contributed by atoms with E-state index in [4.69, 9.17) is 5.11 Å². The lowest BCUT2D eigenvalue weighted by Crippen LogP contribution is -2.03. The minimum atomic E-state index is -1.13. The summed E-state index contributed by atoms with van der Waals surface area (Å²) in [7, 11) is 0. The molecule has 98 valence electrons. The summed E-state index contributed by atoms with van der Waals surface area (Å²) in [5.74, 6) is -1.14. The third-order valence-corrected chi connectivity index (χ3v) is 2.51. The Balaban J connectivity index is 2.42. The van der Waals surface area contributed by atoms with Crippen LogP contribution in [0.15, 0.2) is 24.3 Å². The molecular formula is C11H10N4O4. The van der Waals surface area contributed by atoms with Crippen LogP contribution in [0.25, 0.3) is 0 Å². The van der Waals surface area contributed by atoms with E-state index in [2.05, 4.69) is 15.5 Å². The number of carboxylic acids is 1. The van der Waals surface area contributed by atoms with Gasteiger partial charge in [-0.1, -0.05) is 12.1 Å². The number of aryl methyl sites for hydroxylation is 1. The number of benzene rings is 1. The zero-order valence-corrected chi connectivity index (χ0v) is 9.88. The summed E-state index contributed by atoms with van der Waals surface area (Å²) < 4.78 is 0. The van der Waals surface area contributed by atoms with Crippen molar-refractivity contribution < 1.29 is 14.8 Å². The molecule has 0 radical (unpaired) electrons. The number of aromatic amines is 1. The van der Waals surface area contributed by atoms with Crippen LogP contribution in [-0.4, -0.2) is 26.2 Å². The van der Waals surface area contributed by atoms with Gasteiger partial charge in [0.1, 0.15) is 5.69 Å². The second-order valence-corrected chi connectivity index (χ2v) is 3.78. The smallest absolute Gasteiger partial charge is 0.337 e. The van der Waals surface area contributed by atoms with E-state index in [0.29, 0.717) is 5.69 Å². The largest absolute Gasteiger partial charge is 0.478 e. The number of hydrogen-bond acceptors (Lipinski definition) is 5. The summed E-state index contributed by atoms with van der Waals surface area (Å²) in [6.45, 7) is 1.51. The molecule has 1 heterocycles. The summed E-state index contributed by atoms with van der Waals surface area (Å²) in [6, 6.07) is 6.10. The minimum absolute atomic E-state index is 0.0115. The van der Waals surface area contributed by atoms with Gasteiger partial charge in [0.2, 0.25) is 5.82 Å². The topological polar surface area (TPSA) is 121 Å². The normalized spacial score (nSPS) is 10.2. The molecule has 0 atom stereocenters. The molecule has 1 aromatic heterocycles. The van der Waals surface area contributed by atoms with E-state index in [-0.39, 0.29) is 22.8 Å². The predicted octanol–water partition coefficient (Wildman–Crippen LogP) is 2.07. The molecule has 0 saturated carbocycles. The van der Waals surface area contributed by atoms with Crippen LogP contribution in [0.5, 0.6) is 0 Å². The van der Waals surface area contributed by atoms with Crippen molar-refractivity contribution in [1.82, 2.24) is 10.2 Å². The Morgan fingerprint density at radius 3 is 2.79 bits per heavy atom. The molecule has 0 amide bonds. The summed E-state index contributed by atoms with van der Waals surface area (Å²) in [5, 5.41) is 28.8. The van der Waals surface area contributed by atoms with Gasteiger partial charge in [-0.3, -0.25) is 15.2 Å². The van der Waals surface area contributed by atoms with Gasteiger partial charge in [0.25, 0.3) is 0 Å². The van der Waals surface area contributed by atoms with E-state index in [1.165, 1.54) is 19.1 Å². The number of H-pyrrole nitrogens is 1. The Bertz CT molecular complexity index is 650. The molecule has 0 aliphatic heterocycles. The van der Waals surface area contributed by atoms with E-state index in [9.17, 15) is 14.9 Å². The third-order valence-electron chi connectivity index (χ3n) is 2.51. The number of nitro groups is 1. The van der Waals surface area contributed by atoms with Crippen LogP contribution in [-0.2, 0) is 0 Å². The maximum absolute atomic E-state index is 11.0. The zero-order valence-electron chi connectivity index (χ0n) is 9.88. The lowest BCUT2D eigenvalue weighted by atomic mass is 10.2. The van der Waals surface area contributed by atoms with Crippen molar-refractivity contribution in [3.8, 4) is 0 Å². The molecule has 8 nitrogen and oxygen atoms in total. The Labute approximate surface area is 107 Å². The maximum Gasteiger partial charge on any atom is 0.337 e. The highest BCUT2D eigenvalue weighted by atomic mass is 16.6. The Hall–Kier alpha value is -2.90.